The van der Waals surface area contributed by atoms with Crippen molar-refractivity contribution in [3.05, 3.63) is 42.0 Å². The maximum Gasteiger partial charge on any atom is 0.319 e. The van der Waals surface area contributed by atoms with Gasteiger partial charge in [0, 0.05) is 5.69 Å². The summed E-state index contributed by atoms with van der Waals surface area (Å²) in [5, 5.41) is 11.4. The van der Waals surface area contributed by atoms with Gasteiger partial charge in [0.15, 0.2) is 5.92 Å². The second kappa shape index (κ2) is 4.29. The van der Waals surface area contributed by atoms with E-state index in [1.165, 1.54) is 6.08 Å². The predicted octanol–water partition coefficient (Wildman–Crippen LogP) is 0.697. The molecule has 1 heterocycles. The van der Waals surface area contributed by atoms with Crippen LogP contribution in [0.5, 0.6) is 0 Å². The van der Waals surface area contributed by atoms with Gasteiger partial charge in [-0.1, -0.05) is 24.3 Å². The number of carboxylic acids is 1. The molecule has 1 aliphatic heterocycles. The number of aliphatic carboxylic acids is 1. The van der Waals surface area contributed by atoms with Crippen molar-refractivity contribution >= 4 is 17.6 Å². The number of carboxylic acid groups (broad SMARTS) is 1. The third kappa shape index (κ3) is 2.28. The van der Waals surface area contributed by atoms with E-state index in [-0.39, 0.29) is 6.04 Å². The van der Waals surface area contributed by atoms with E-state index < -0.39 is 17.8 Å². The number of nitrogens with one attached hydrogen (secondary N) is 1. The van der Waals surface area contributed by atoms with Crippen LogP contribution in [0.2, 0.25) is 0 Å². The Kier molecular flexibility index (Phi) is 2.82. The van der Waals surface area contributed by atoms with E-state index in [2.05, 4.69) is 5.32 Å². The molecule has 0 spiro atoms. The highest BCUT2D eigenvalue weighted by Crippen LogP contribution is 2.21. The molecule has 0 aromatic heterocycles. The zero-order valence-electron chi connectivity index (χ0n) is 8.96. The molecule has 4 N–H and O–H groups in total. The number of hydrogen-bond acceptors (Lipinski definition) is 3. The van der Waals surface area contributed by atoms with E-state index in [1.807, 2.05) is 0 Å². The largest absolute Gasteiger partial charge is 0.480 e. The van der Waals surface area contributed by atoms with Crippen molar-refractivity contribution in [2.45, 2.75) is 6.04 Å². The lowest BCUT2D eigenvalue weighted by atomic mass is 9.97. The van der Waals surface area contributed by atoms with E-state index >= 15 is 0 Å². The maximum atomic E-state index is 11.5. The molecule has 0 saturated heterocycles. The number of anilines is 1. The topological polar surface area (TPSA) is 92.4 Å². The van der Waals surface area contributed by atoms with Crippen LogP contribution in [-0.4, -0.2) is 17.0 Å². The van der Waals surface area contributed by atoms with Gasteiger partial charge >= 0.3 is 5.97 Å². The molecule has 17 heavy (non-hydrogen) atoms. The fourth-order valence-corrected chi connectivity index (χ4v) is 1.69. The average molecular weight is 232 g/mol. The Hall–Kier alpha value is -2.30. The van der Waals surface area contributed by atoms with Crippen molar-refractivity contribution in [2.75, 3.05) is 5.73 Å². The third-order valence-corrected chi connectivity index (χ3v) is 2.64. The van der Waals surface area contributed by atoms with Crippen LogP contribution in [0.15, 0.2) is 36.4 Å². The average Bonchev–Trinajstić information content (AvgIpc) is 2.29. The number of nitrogens with two attached hydrogens (primary N) is 1. The summed E-state index contributed by atoms with van der Waals surface area (Å²) >= 11 is 0. The highest BCUT2D eigenvalue weighted by molar-refractivity contribution is 5.99. The second-order valence-electron chi connectivity index (χ2n) is 3.85. The summed E-state index contributed by atoms with van der Waals surface area (Å²) < 4.78 is 0. The van der Waals surface area contributed by atoms with Crippen molar-refractivity contribution in [3.63, 3.8) is 0 Å². The lowest BCUT2D eigenvalue weighted by molar-refractivity contribution is -0.145. The van der Waals surface area contributed by atoms with E-state index in [4.69, 9.17) is 10.8 Å². The molecular weight excluding hydrogens is 220 g/mol. The molecule has 2 atom stereocenters. The molecule has 1 aliphatic rings. The van der Waals surface area contributed by atoms with Gasteiger partial charge in [-0.3, -0.25) is 9.59 Å². The van der Waals surface area contributed by atoms with Gasteiger partial charge in [0.1, 0.15) is 0 Å². The summed E-state index contributed by atoms with van der Waals surface area (Å²) in [7, 11) is 0. The van der Waals surface area contributed by atoms with Gasteiger partial charge in [-0.15, -0.1) is 0 Å². The van der Waals surface area contributed by atoms with Crippen LogP contribution in [0.1, 0.15) is 11.6 Å². The van der Waals surface area contributed by atoms with Crippen LogP contribution in [0.25, 0.3) is 0 Å². The molecule has 0 bridgehead atoms. The first-order valence-electron chi connectivity index (χ1n) is 5.15. The first-order valence-corrected chi connectivity index (χ1v) is 5.15. The summed E-state index contributed by atoms with van der Waals surface area (Å²) in [5.41, 5.74) is 7.07. The Morgan fingerprint density at radius 3 is 2.41 bits per heavy atom. The molecule has 0 radical (unpaired) electrons. The zero-order valence-corrected chi connectivity index (χ0v) is 8.96. The highest BCUT2D eigenvalue weighted by atomic mass is 16.4. The van der Waals surface area contributed by atoms with Crippen LogP contribution in [0.3, 0.4) is 0 Å². The quantitative estimate of drug-likeness (QED) is 0.397. The fraction of sp³-hybridized carbons (Fsp3) is 0.167. The van der Waals surface area contributed by atoms with Crippen LogP contribution >= 0.6 is 0 Å². The lowest BCUT2D eigenvalue weighted by Gasteiger charge is -2.22. The monoisotopic (exact) mass is 232 g/mol. The van der Waals surface area contributed by atoms with Gasteiger partial charge in [0.05, 0.1) is 6.04 Å². The summed E-state index contributed by atoms with van der Waals surface area (Å²) in [5.74, 6) is -2.74. The molecule has 88 valence electrons. The normalized spacial score (nSPS) is 23.2. The van der Waals surface area contributed by atoms with Crippen molar-refractivity contribution < 1.29 is 14.7 Å². The number of amides is 1. The molecule has 2 unspecified atom stereocenters. The van der Waals surface area contributed by atoms with Gasteiger partial charge in [-0.25, -0.2) is 0 Å². The van der Waals surface area contributed by atoms with E-state index in [9.17, 15) is 9.59 Å². The fourth-order valence-electron chi connectivity index (χ4n) is 1.69. The Labute approximate surface area is 97.9 Å². The number of carbonyl (C=O) groups excluding carboxylic acids is 1. The lowest BCUT2D eigenvalue weighted by Crippen LogP contribution is -2.39. The Morgan fingerprint density at radius 2 is 1.88 bits per heavy atom. The van der Waals surface area contributed by atoms with Gasteiger partial charge in [-0.2, -0.15) is 0 Å². The van der Waals surface area contributed by atoms with Crippen LogP contribution in [-0.2, 0) is 9.59 Å². The summed E-state index contributed by atoms with van der Waals surface area (Å²) in [6.07, 6.45) is 3.08. The van der Waals surface area contributed by atoms with Crippen LogP contribution < -0.4 is 11.1 Å². The van der Waals surface area contributed by atoms with Gasteiger partial charge in [0.2, 0.25) is 5.91 Å². The maximum absolute atomic E-state index is 11.5. The Morgan fingerprint density at radius 1 is 1.24 bits per heavy atom. The second-order valence-corrected chi connectivity index (χ2v) is 3.85. The Balaban J connectivity index is 2.21. The third-order valence-electron chi connectivity index (χ3n) is 2.64. The molecule has 0 saturated carbocycles. The number of carbonyl (C=O) groups is 2. The van der Waals surface area contributed by atoms with Crippen molar-refractivity contribution in [3.8, 4) is 0 Å². The molecule has 0 fully saturated rings. The van der Waals surface area contributed by atoms with Gasteiger partial charge in [0.25, 0.3) is 0 Å². The molecular formula is C12H12N2O3. The molecule has 1 aromatic carbocycles. The highest BCUT2D eigenvalue weighted by Gasteiger charge is 2.29. The minimum atomic E-state index is -1.14. The van der Waals surface area contributed by atoms with Crippen LogP contribution in [0, 0.1) is 5.92 Å². The van der Waals surface area contributed by atoms with Crippen molar-refractivity contribution in [1.82, 2.24) is 5.32 Å². The van der Waals surface area contributed by atoms with E-state index in [1.54, 1.807) is 30.3 Å². The number of rotatable bonds is 2. The predicted molar refractivity (Wildman–Crippen MR) is 62.0 cm³/mol. The number of benzene rings is 1. The van der Waals surface area contributed by atoms with E-state index in [0.29, 0.717) is 5.69 Å². The van der Waals surface area contributed by atoms with Gasteiger partial charge in [-0.05, 0) is 17.7 Å². The molecule has 5 nitrogen and oxygen atoms in total. The van der Waals surface area contributed by atoms with Crippen LogP contribution in [0.4, 0.5) is 5.69 Å². The molecule has 2 rings (SSSR count). The first kappa shape index (κ1) is 11.2. The molecule has 1 amide bonds. The first-order chi connectivity index (χ1) is 8.08. The SMILES string of the molecule is Nc1ccc(C2C=CC(C(=O)O)C(=O)N2)cc1. The number of nitrogen functional groups attached to an aromatic ring is 1. The summed E-state index contributed by atoms with van der Waals surface area (Å²) in [4.78, 5) is 22.2. The Bertz CT molecular complexity index is 479. The standard InChI is InChI=1S/C12H12N2O3/c13-8-3-1-7(2-4-8)10-6-5-9(12(16)17)11(15)14-10/h1-6,9-10H,13H2,(H,14,15)(H,16,17). The van der Waals surface area contributed by atoms with Crippen molar-refractivity contribution in [1.29, 1.82) is 0 Å². The molecule has 0 aliphatic carbocycles. The number of hydrogen-bond donors (Lipinski definition) is 3. The minimum absolute atomic E-state index is 0.293. The minimum Gasteiger partial charge on any atom is -0.480 e. The van der Waals surface area contributed by atoms with E-state index in [0.717, 1.165) is 5.56 Å². The molecule has 5 heteroatoms. The molecule has 1 aromatic rings. The van der Waals surface area contributed by atoms with Crippen molar-refractivity contribution in [2.24, 2.45) is 5.92 Å². The van der Waals surface area contributed by atoms with Gasteiger partial charge < -0.3 is 16.2 Å². The zero-order chi connectivity index (χ0) is 12.4. The smallest absolute Gasteiger partial charge is 0.319 e. The summed E-state index contributed by atoms with van der Waals surface area (Å²) in [6.45, 7) is 0. The summed E-state index contributed by atoms with van der Waals surface area (Å²) in [6, 6.07) is 6.77.